The SMILES string of the molecule is CCOP(=O)(OCC)c1ccccc1O[Si](C)(C)C. The Labute approximate surface area is 116 Å². The van der Waals surface area contributed by atoms with Crippen molar-refractivity contribution in [1.29, 1.82) is 0 Å². The van der Waals surface area contributed by atoms with Gasteiger partial charge in [0.15, 0.2) is 0 Å². The van der Waals surface area contributed by atoms with Gasteiger partial charge in [-0.3, -0.25) is 4.57 Å². The second-order valence-electron chi connectivity index (χ2n) is 5.02. The van der Waals surface area contributed by atoms with Crippen LogP contribution in [0.15, 0.2) is 24.3 Å². The van der Waals surface area contributed by atoms with Crippen molar-refractivity contribution in [3.63, 3.8) is 0 Å². The molecular formula is C13H23O4PSi. The van der Waals surface area contributed by atoms with Crippen molar-refractivity contribution in [3.8, 4) is 5.75 Å². The number of rotatable bonds is 7. The van der Waals surface area contributed by atoms with E-state index in [0.29, 0.717) is 24.3 Å². The predicted molar refractivity (Wildman–Crippen MR) is 80.9 cm³/mol. The molecule has 6 heteroatoms. The summed E-state index contributed by atoms with van der Waals surface area (Å²) in [6.07, 6.45) is 0. The van der Waals surface area contributed by atoms with Crippen molar-refractivity contribution in [2.45, 2.75) is 33.5 Å². The van der Waals surface area contributed by atoms with Crippen molar-refractivity contribution in [3.05, 3.63) is 24.3 Å². The van der Waals surface area contributed by atoms with Crippen molar-refractivity contribution in [2.75, 3.05) is 13.2 Å². The molecule has 0 aliphatic carbocycles. The summed E-state index contributed by atoms with van der Waals surface area (Å²) in [4.78, 5) is 0. The Kier molecular flexibility index (Phi) is 5.80. The van der Waals surface area contributed by atoms with Crippen LogP contribution >= 0.6 is 7.60 Å². The molecule has 0 N–H and O–H groups in total. The van der Waals surface area contributed by atoms with Crippen LogP contribution in [0, 0.1) is 0 Å². The molecule has 0 amide bonds. The third-order valence-corrected chi connectivity index (χ3v) is 5.16. The van der Waals surface area contributed by atoms with Crippen LogP contribution in [0.5, 0.6) is 5.75 Å². The highest BCUT2D eigenvalue weighted by atomic mass is 31.2. The standard InChI is InChI=1S/C13H23O4PSi/c1-6-15-18(14,16-7-2)13-11-9-8-10-12(13)17-19(3,4)5/h8-11H,6-7H2,1-5H3. The zero-order valence-electron chi connectivity index (χ0n) is 12.3. The number of hydrogen-bond donors (Lipinski definition) is 0. The van der Waals surface area contributed by atoms with Crippen LogP contribution in [0.3, 0.4) is 0 Å². The molecule has 1 aromatic rings. The van der Waals surface area contributed by atoms with E-state index in [1.54, 1.807) is 19.9 Å². The largest absolute Gasteiger partial charge is 0.544 e. The zero-order valence-corrected chi connectivity index (χ0v) is 14.2. The van der Waals surface area contributed by atoms with Gasteiger partial charge in [-0.25, -0.2) is 0 Å². The fourth-order valence-electron chi connectivity index (χ4n) is 1.62. The molecular weight excluding hydrogens is 279 g/mol. The first-order chi connectivity index (χ1) is 8.82. The molecule has 1 rings (SSSR count). The van der Waals surface area contributed by atoms with Crippen LogP contribution in [-0.4, -0.2) is 21.5 Å². The van der Waals surface area contributed by atoms with Crippen LogP contribution in [-0.2, 0) is 13.6 Å². The minimum absolute atomic E-state index is 0.332. The number of para-hydroxylation sites is 1. The highest BCUT2D eigenvalue weighted by molar-refractivity contribution is 7.62. The fraction of sp³-hybridized carbons (Fsp3) is 0.538. The van der Waals surface area contributed by atoms with Gasteiger partial charge < -0.3 is 13.5 Å². The van der Waals surface area contributed by atoms with Gasteiger partial charge in [0, 0.05) is 0 Å². The van der Waals surface area contributed by atoms with Gasteiger partial charge in [-0.2, -0.15) is 0 Å². The van der Waals surface area contributed by atoms with Gasteiger partial charge in [-0.15, -0.1) is 0 Å². The van der Waals surface area contributed by atoms with Gasteiger partial charge in [0.1, 0.15) is 11.1 Å². The molecule has 0 fully saturated rings. The summed E-state index contributed by atoms with van der Waals surface area (Å²) in [5.74, 6) is 0.604. The molecule has 0 heterocycles. The van der Waals surface area contributed by atoms with E-state index in [4.69, 9.17) is 13.5 Å². The minimum Gasteiger partial charge on any atom is -0.544 e. The summed E-state index contributed by atoms with van der Waals surface area (Å²) in [5, 5.41) is 0.515. The zero-order chi connectivity index (χ0) is 14.5. The van der Waals surface area contributed by atoms with Crippen molar-refractivity contribution in [1.82, 2.24) is 0 Å². The van der Waals surface area contributed by atoms with E-state index in [-0.39, 0.29) is 0 Å². The van der Waals surface area contributed by atoms with E-state index in [1.807, 2.05) is 18.2 Å². The Bertz CT molecular complexity index is 446. The van der Waals surface area contributed by atoms with Gasteiger partial charge in [-0.1, -0.05) is 12.1 Å². The Morgan fingerprint density at radius 2 is 1.58 bits per heavy atom. The van der Waals surface area contributed by atoms with Crippen LogP contribution in [0.1, 0.15) is 13.8 Å². The van der Waals surface area contributed by atoms with Crippen molar-refractivity contribution < 1.29 is 18.0 Å². The third-order valence-electron chi connectivity index (χ3n) is 2.17. The molecule has 0 aromatic heterocycles. The van der Waals surface area contributed by atoms with Crippen LogP contribution in [0.2, 0.25) is 19.6 Å². The quantitative estimate of drug-likeness (QED) is 0.568. The van der Waals surface area contributed by atoms with E-state index >= 15 is 0 Å². The first-order valence-corrected chi connectivity index (χ1v) is 11.4. The molecule has 4 nitrogen and oxygen atoms in total. The second-order valence-corrected chi connectivity index (χ2v) is 11.4. The lowest BCUT2D eigenvalue weighted by atomic mass is 10.3. The van der Waals surface area contributed by atoms with E-state index < -0.39 is 15.9 Å². The van der Waals surface area contributed by atoms with Crippen LogP contribution in [0.25, 0.3) is 0 Å². The predicted octanol–water partition coefficient (Wildman–Crippen LogP) is 3.79. The Balaban J connectivity index is 3.20. The molecule has 1 aromatic carbocycles. The minimum atomic E-state index is -3.30. The van der Waals surface area contributed by atoms with E-state index in [2.05, 4.69) is 19.6 Å². The second kappa shape index (κ2) is 6.71. The lowest BCUT2D eigenvalue weighted by molar-refractivity contribution is 0.229. The van der Waals surface area contributed by atoms with E-state index in [1.165, 1.54) is 0 Å². The molecule has 0 unspecified atom stereocenters. The molecule has 0 bridgehead atoms. The topological polar surface area (TPSA) is 44.8 Å². The highest BCUT2D eigenvalue weighted by Gasteiger charge is 2.31. The molecule has 108 valence electrons. The normalized spacial score (nSPS) is 12.5. The smallest absolute Gasteiger partial charge is 0.365 e. The molecule has 0 saturated carbocycles. The van der Waals surface area contributed by atoms with E-state index in [9.17, 15) is 4.57 Å². The fourth-order valence-corrected chi connectivity index (χ4v) is 4.23. The lowest BCUT2D eigenvalue weighted by Crippen LogP contribution is -2.31. The maximum Gasteiger partial charge on any atom is 0.365 e. The first kappa shape index (κ1) is 16.4. The van der Waals surface area contributed by atoms with Crippen molar-refractivity contribution in [2.24, 2.45) is 0 Å². The summed E-state index contributed by atoms with van der Waals surface area (Å²) in [5.41, 5.74) is 0. The first-order valence-electron chi connectivity index (χ1n) is 6.50. The third kappa shape index (κ3) is 4.77. The van der Waals surface area contributed by atoms with Gasteiger partial charge in [0.2, 0.25) is 8.32 Å². The molecule has 0 radical (unpaired) electrons. The van der Waals surface area contributed by atoms with Gasteiger partial charge >= 0.3 is 7.60 Å². The molecule has 0 atom stereocenters. The van der Waals surface area contributed by atoms with Crippen LogP contribution < -0.4 is 9.73 Å². The summed E-state index contributed by atoms with van der Waals surface area (Å²) in [6.45, 7) is 10.5. The number of benzene rings is 1. The Morgan fingerprint density at radius 3 is 2.05 bits per heavy atom. The summed E-state index contributed by atoms with van der Waals surface area (Å²) in [7, 11) is -5.08. The summed E-state index contributed by atoms with van der Waals surface area (Å²) < 4.78 is 29.6. The maximum absolute atomic E-state index is 12.8. The Hall–Kier alpha value is -0.613. The van der Waals surface area contributed by atoms with Gasteiger partial charge in [-0.05, 0) is 45.6 Å². The summed E-state index contributed by atoms with van der Waals surface area (Å²) >= 11 is 0. The lowest BCUT2D eigenvalue weighted by Gasteiger charge is -2.24. The molecule has 0 spiro atoms. The Morgan fingerprint density at radius 1 is 1.05 bits per heavy atom. The average Bonchev–Trinajstić information content (AvgIpc) is 2.28. The van der Waals surface area contributed by atoms with Gasteiger partial charge in [0.05, 0.1) is 13.2 Å². The molecule has 19 heavy (non-hydrogen) atoms. The molecule has 0 aliphatic heterocycles. The summed E-state index contributed by atoms with van der Waals surface area (Å²) in [6, 6.07) is 7.25. The van der Waals surface area contributed by atoms with E-state index in [0.717, 1.165) is 0 Å². The number of hydrogen-bond acceptors (Lipinski definition) is 4. The molecule has 0 aliphatic rings. The van der Waals surface area contributed by atoms with Gasteiger partial charge in [0.25, 0.3) is 0 Å². The highest BCUT2D eigenvalue weighted by Crippen LogP contribution is 2.49. The molecule has 0 saturated heterocycles. The monoisotopic (exact) mass is 302 g/mol. The average molecular weight is 302 g/mol. The van der Waals surface area contributed by atoms with Crippen molar-refractivity contribution >= 4 is 21.2 Å². The maximum atomic E-state index is 12.8. The van der Waals surface area contributed by atoms with Crippen LogP contribution in [0.4, 0.5) is 0 Å².